The minimum absolute atomic E-state index is 0. The number of nitro benzene ring substituents is 1. The van der Waals surface area contributed by atoms with E-state index in [2.05, 4.69) is 0 Å². The Balaban J connectivity index is 0.00000242. The number of hydrogen-bond acceptors (Lipinski definition) is 5. The lowest BCUT2D eigenvalue weighted by Crippen LogP contribution is -2.40. The highest BCUT2D eigenvalue weighted by Gasteiger charge is 2.30. The van der Waals surface area contributed by atoms with Crippen LogP contribution in [0.15, 0.2) is 29.2 Å². The fourth-order valence-electron chi connectivity index (χ4n) is 2.62. The lowest BCUT2D eigenvalue weighted by molar-refractivity contribution is -0.385. The molecule has 1 aliphatic heterocycles. The summed E-state index contributed by atoms with van der Waals surface area (Å²) in [5.74, 6) is 0.261. The summed E-state index contributed by atoms with van der Waals surface area (Å²) >= 11 is 0. The van der Waals surface area contributed by atoms with Crippen molar-refractivity contribution in [3.05, 3.63) is 34.4 Å². The third-order valence-electron chi connectivity index (χ3n) is 3.72. The van der Waals surface area contributed by atoms with Crippen LogP contribution in [0.1, 0.15) is 19.3 Å². The fourth-order valence-corrected chi connectivity index (χ4v) is 4.22. The Morgan fingerprint density at radius 3 is 2.77 bits per heavy atom. The minimum Gasteiger partial charge on any atom is -0.330 e. The molecule has 2 rings (SSSR count). The number of rotatable bonds is 5. The van der Waals surface area contributed by atoms with Gasteiger partial charge in [-0.2, -0.15) is 4.31 Å². The summed E-state index contributed by atoms with van der Waals surface area (Å²) in [6, 6.07) is 5.19. The van der Waals surface area contributed by atoms with Crippen LogP contribution >= 0.6 is 12.4 Å². The van der Waals surface area contributed by atoms with Gasteiger partial charge in [-0.15, -0.1) is 12.4 Å². The fraction of sp³-hybridized carbons (Fsp3) is 0.538. The summed E-state index contributed by atoms with van der Waals surface area (Å²) in [6.45, 7) is 1.42. The highest BCUT2D eigenvalue weighted by Crippen LogP contribution is 2.26. The number of hydrogen-bond donors (Lipinski definition) is 1. The second kappa shape index (κ2) is 7.87. The predicted molar refractivity (Wildman–Crippen MR) is 85.5 cm³/mol. The summed E-state index contributed by atoms with van der Waals surface area (Å²) in [6.07, 6.45) is 2.55. The lowest BCUT2D eigenvalue weighted by atomic mass is 9.96. The standard InChI is InChI=1S/C13H19N3O4S.ClH/c14-7-6-11-3-2-8-15(10-11)21(19,20)13-5-1-4-12(9-13)16(17)18;/h1,4-5,9,11H,2-3,6-8,10,14H2;1H. The van der Waals surface area contributed by atoms with Crippen LogP contribution in [0.3, 0.4) is 0 Å². The molecule has 1 saturated heterocycles. The van der Waals surface area contributed by atoms with Crippen molar-refractivity contribution in [2.24, 2.45) is 11.7 Å². The van der Waals surface area contributed by atoms with E-state index in [9.17, 15) is 18.5 Å². The summed E-state index contributed by atoms with van der Waals surface area (Å²) in [5, 5.41) is 10.8. The van der Waals surface area contributed by atoms with Crippen molar-refractivity contribution < 1.29 is 13.3 Å². The second-order valence-corrected chi connectivity index (χ2v) is 7.14. The first-order chi connectivity index (χ1) is 9.95. The molecule has 1 aromatic carbocycles. The zero-order valence-corrected chi connectivity index (χ0v) is 13.7. The Labute approximate surface area is 136 Å². The van der Waals surface area contributed by atoms with Gasteiger partial charge in [0.1, 0.15) is 0 Å². The van der Waals surface area contributed by atoms with Crippen LogP contribution in [0, 0.1) is 16.0 Å². The summed E-state index contributed by atoms with van der Waals surface area (Å²) in [5.41, 5.74) is 5.32. The van der Waals surface area contributed by atoms with E-state index < -0.39 is 14.9 Å². The van der Waals surface area contributed by atoms with Crippen LogP contribution < -0.4 is 5.73 Å². The average Bonchev–Trinajstić information content (AvgIpc) is 2.48. The number of piperidine rings is 1. The van der Waals surface area contributed by atoms with Gasteiger partial charge in [0.05, 0.1) is 9.82 Å². The van der Waals surface area contributed by atoms with Gasteiger partial charge >= 0.3 is 0 Å². The predicted octanol–water partition coefficient (Wildman–Crippen LogP) is 1.77. The van der Waals surface area contributed by atoms with Gasteiger partial charge in [0.25, 0.3) is 5.69 Å². The quantitative estimate of drug-likeness (QED) is 0.644. The average molecular weight is 350 g/mol. The van der Waals surface area contributed by atoms with Crippen molar-refractivity contribution in [3.8, 4) is 0 Å². The maximum absolute atomic E-state index is 12.6. The molecule has 1 aliphatic rings. The first-order valence-electron chi connectivity index (χ1n) is 6.90. The Morgan fingerprint density at radius 2 is 2.14 bits per heavy atom. The summed E-state index contributed by atoms with van der Waals surface area (Å²) < 4.78 is 26.6. The molecule has 7 nitrogen and oxygen atoms in total. The highest BCUT2D eigenvalue weighted by molar-refractivity contribution is 7.89. The molecule has 1 aromatic rings. The van der Waals surface area contributed by atoms with E-state index in [4.69, 9.17) is 5.73 Å². The van der Waals surface area contributed by atoms with Crippen molar-refractivity contribution in [1.29, 1.82) is 0 Å². The van der Waals surface area contributed by atoms with E-state index in [1.807, 2.05) is 0 Å². The van der Waals surface area contributed by atoms with Crippen molar-refractivity contribution in [2.45, 2.75) is 24.2 Å². The molecule has 9 heteroatoms. The number of nitro groups is 1. The van der Waals surface area contributed by atoms with Gasteiger partial charge in [-0.1, -0.05) is 6.07 Å². The van der Waals surface area contributed by atoms with E-state index in [1.54, 1.807) is 0 Å². The largest absolute Gasteiger partial charge is 0.330 e. The first kappa shape index (κ1) is 18.8. The molecule has 0 spiro atoms. The van der Waals surface area contributed by atoms with Crippen molar-refractivity contribution in [3.63, 3.8) is 0 Å². The van der Waals surface area contributed by atoms with Crippen LogP contribution in [0.4, 0.5) is 5.69 Å². The lowest BCUT2D eigenvalue weighted by Gasteiger charge is -2.31. The van der Waals surface area contributed by atoms with E-state index in [-0.39, 0.29) is 28.9 Å². The molecule has 0 aromatic heterocycles. The Morgan fingerprint density at radius 1 is 1.41 bits per heavy atom. The van der Waals surface area contributed by atoms with E-state index >= 15 is 0 Å². The zero-order valence-electron chi connectivity index (χ0n) is 12.1. The zero-order chi connectivity index (χ0) is 15.5. The molecule has 0 aliphatic carbocycles. The number of non-ortho nitro benzene ring substituents is 1. The third kappa shape index (κ3) is 4.16. The molecule has 22 heavy (non-hydrogen) atoms. The normalized spacial score (nSPS) is 19.4. The topological polar surface area (TPSA) is 107 Å². The molecular weight excluding hydrogens is 330 g/mol. The Kier molecular flexibility index (Phi) is 6.73. The Hall–Kier alpha value is -1.22. The van der Waals surface area contributed by atoms with Crippen LogP contribution in [0.25, 0.3) is 0 Å². The molecule has 1 fully saturated rings. The van der Waals surface area contributed by atoms with Crippen LogP contribution in [-0.2, 0) is 10.0 Å². The Bertz CT molecular complexity index is 621. The van der Waals surface area contributed by atoms with Crippen LogP contribution in [0.5, 0.6) is 0 Å². The number of benzene rings is 1. The van der Waals surface area contributed by atoms with E-state index in [0.29, 0.717) is 19.6 Å². The van der Waals surface area contributed by atoms with Gasteiger partial charge < -0.3 is 5.73 Å². The molecule has 0 radical (unpaired) electrons. The number of nitrogens with two attached hydrogens (primary N) is 1. The molecule has 2 N–H and O–H groups in total. The molecule has 1 heterocycles. The van der Waals surface area contributed by atoms with E-state index in [0.717, 1.165) is 25.3 Å². The molecule has 124 valence electrons. The van der Waals surface area contributed by atoms with Gasteiger partial charge in [-0.25, -0.2) is 8.42 Å². The third-order valence-corrected chi connectivity index (χ3v) is 5.58. The van der Waals surface area contributed by atoms with E-state index in [1.165, 1.54) is 22.5 Å². The summed E-state index contributed by atoms with van der Waals surface area (Å²) in [4.78, 5) is 10.2. The molecule has 0 saturated carbocycles. The SMILES string of the molecule is Cl.NCCC1CCCN(S(=O)(=O)c2cccc([N+](=O)[O-])c2)C1. The number of halogens is 1. The molecule has 0 bridgehead atoms. The molecule has 0 amide bonds. The van der Waals surface area contributed by atoms with Gasteiger partial charge in [0, 0.05) is 25.2 Å². The monoisotopic (exact) mass is 349 g/mol. The minimum atomic E-state index is -3.68. The van der Waals surface area contributed by atoms with Gasteiger partial charge in [0.2, 0.25) is 10.0 Å². The maximum Gasteiger partial charge on any atom is 0.270 e. The van der Waals surface area contributed by atoms with Crippen LogP contribution in [-0.4, -0.2) is 37.3 Å². The molecular formula is C13H20ClN3O4S. The smallest absolute Gasteiger partial charge is 0.270 e. The van der Waals surface area contributed by atoms with Crippen molar-refractivity contribution in [2.75, 3.05) is 19.6 Å². The van der Waals surface area contributed by atoms with Gasteiger partial charge in [0.15, 0.2) is 0 Å². The van der Waals surface area contributed by atoms with Gasteiger partial charge in [-0.05, 0) is 37.8 Å². The molecule has 1 atom stereocenters. The van der Waals surface area contributed by atoms with Crippen molar-refractivity contribution in [1.82, 2.24) is 4.31 Å². The second-order valence-electron chi connectivity index (χ2n) is 5.20. The first-order valence-corrected chi connectivity index (χ1v) is 8.34. The van der Waals surface area contributed by atoms with Crippen molar-refractivity contribution >= 4 is 28.1 Å². The molecule has 1 unspecified atom stereocenters. The van der Waals surface area contributed by atoms with Crippen LogP contribution in [0.2, 0.25) is 0 Å². The maximum atomic E-state index is 12.6. The number of sulfonamides is 1. The number of nitrogens with zero attached hydrogens (tertiary/aromatic N) is 2. The highest BCUT2D eigenvalue weighted by atomic mass is 35.5. The van der Waals surface area contributed by atoms with Gasteiger partial charge in [-0.3, -0.25) is 10.1 Å². The summed E-state index contributed by atoms with van der Waals surface area (Å²) in [7, 11) is -3.68.